The molecule has 6 nitrogen and oxygen atoms in total. The van der Waals surface area contributed by atoms with Gasteiger partial charge in [-0.3, -0.25) is 14.4 Å². The lowest BCUT2D eigenvalue weighted by atomic mass is 10.0. The zero-order chi connectivity index (χ0) is 23.8. The van der Waals surface area contributed by atoms with E-state index >= 15 is 0 Å². The molecule has 2 fully saturated rings. The van der Waals surface area contributed by atoms with E-state index in [0.717, 1.165) is 34.4 Å². The molecule has 3 aromatic rings. The van der Waals surface area contributed by atoms with Crippen LogP contribution in [-0.4, -0.2) is 45.8 Å². The van der Waals surface area contributed by atoms with Crippen LogP contribution in [0.4, 0.5) is 14.5 Å². The molecule has 2 aromatic carbocycles. The van der Waals surface area contributed by atoms with Crippen molar-refractivity contribution >= 4 is 27.5 Å². The number of rotatable bonds is 7. The third kappa shape index (κ3) is 4.46. The summed E-state index contributed by atoms with van der Waals surface area (Å²) in [6.07, 6.45) is 6.81. The number of hydrogen-bond donors (Lipinski definition) is 1. The monoisotopic (exact) mass is 530 g/mol. The van der Waals surface area contributed by atoms with Crippen LogP contribution in [0.2, 0.25) is 0 Å². The number of halogens is 3. The van der Waals surface area contributed by atoms with Crippen molar-refractivity contribution in [2.24, 2.45) is 7.05 Å². The van der Waals surface area contributed by atoms with Crippen LogP contribution in [0.5, 0.6) is 5.75 Å². The Morgan fingerprint density at radius 3 is 2.53 bits per heavy atom. The Balaban J connectivity index is 1.37. The van der Waals surface area contributed by atoms with Crippen LogP contribution in [0, 0.1) is 11.6 Å². The molecule has 0 radical (unpaired) electrons. The second kappa shape index (κ2) is 9.46. The van der Waals surface area contributed by atoms with E-state index in [9.17, 15) is 13.6 Å². The number of benzene rings is 2. The molecule has 2 aliphatic rings. The lowest BCUT2D eigenvalue weighted by Gasteiger charge is -2.22. The minimum absolute atomic E-state index is 0.231. The Morgan fingerprint density at radius 1 is 1.15 bits per heavy atom. The van der Waals surface area contributed by atoms with E-state index in [2.05, 4.69) is 31.2 Å². The van der Waals surface area contributed by atoms with E-state index in [1.165, 1.54) is 25.7 Å². The molecule has 2 aliphatic heterocycles. The first-order valence-electron chi connectivity index (χ1n) is 11.4. The Labute approximate surface area is 205 Å². The van der Waals surface area contributed by atoms with E-state index in [0.29, 0.717) is 36.2 Å². The van der Waals surface area contributed by atoms with Crippen molar-refractivity contribution in [2.75, 3.05) is 18.5 Å². The maximum atomic E-state index is 14.1. The summed E-state index contributed by atoms with van der Waals surface area (Å²) in [4.78, 5) is 15.2. The van der Waals surface area contributed by atoms with Crippen molar-refractivity contribution in [1.82, 2.24) is 14.7 Å². The molecular weight excluding hydrogens is 506 g/mol. The predicted molar refractivity (Wildman–Crippen MR) is 129 cm³/mol. The molecule has 3 heterocycles. The molecule has 1 aromatic heterocycles. The minimum atomic E-state index is -0.914. The average Bonchev–Trinajstić information content (AvgIpc) is 3.48. The highest BCUT2D eigenvalue weighted by Gasteiger charge is 2.38. The number of carbonyl (C=O) groups is 1. The Hall–Kier alpha value is -2.78. The van der Waals surface area contributed by atoms with Crippen molar-refractivity contribution < 1.29 is 18.3 Å². The molecule has 0 unspecified atom stereocenters. The molecular formula is C25H25BrF2N4O2. The number of nitrogens with zero attached hydrogens (tertiary/aromatic N) is 3. The third-order valence-electron chi connectivity index (χ3n) is 6.77. The fourth-order valence-electron chi connectivity index (χ4n) is 5.15. The molecule has 5 rings (SSSR count). The lowest BCUT2D eigenvalue weighted by molar-refractivity contribution is 0.102. The van der Waals surface area contributed by atoms with Gasteiger partial charge in [-0.05, 0) is 71.9 Å². The molecule has 178 valence electrons. The molecule has 0 saturated carbocycles. The summed E-state index contributed by atoms with van der Waals surface area (Å²) in [5, 5.41) is 6.99. The van der Waals surface area contributed by atoms with E-state index in [4.69, 9.17) is 4.74 Å². The van der Waals surface area contributed by atoms with Crippen molar-refractivity contribution in [2.45, 2.75) is 37.8 Å². The quantitative estimate of drug-likeness (QED) is 0.445. The zero-order valence-corrected chi connectivity index (χ0v) is 20.3. The lowest BCUT2D eigenvalue weighted by Crippen LogP contribution is -2.32. The fraction of sp³-hybridized carbons (Fsp3) is 0.360. The number of amides is 1. The fourth-order valence-corrected chi connectivity index (χ4v) is 5.71. The van der Waals surface area contributed by atoms with Gasteiger partial charge in [0.15, 0.2) is 0 Å². The van der Waals surface area contributed by atoms with Crippen LogP contribution in [0.3, 0.4) is 0 Å². The summed E-state index contributed by atoms with van der Waals surface area (Å²) in [6, 6.07) is 9.52. The Morgan fingerprint density at radius 2 is 1.88 bits per heavy atom. The van der Waals surface area contributed by atoms with Gasteiger partial charge in [0.2, 0.25) is 0 Å². The molecule has 1 N–H and O–H groups in total. The van der Waals surface area contributed by atoms with Crippen LogP contribution in [0.25, 0.3) is 11.3 Å². The van der Waals surface area contributed by atoms with E-state index < -0.39 is 17.5 Å². The normalized spacial score (nSPS) is 19.5. The Bertz CT molecular complexity index is 1190. The molecule has 0 atom stereocenters. The smallest absolute Gasteiger partial charge is 0.258 e. The zero-order valence-electron chi connectivity index (χ0n) is 18.7. The van der Waals surface area contributed by atoms with Crippen molar-refractivity contribution in [1.29, 1.82) is 0 Å². The number of aromatic nitrogens is 2. The number of carbonyl (C=O) groups excluding carboxylic acids is 1. The van der Waals surface area contributed by atoms with Crippen molar-refractivity contribution in [3.05, 3.63) is 64.3 Å². The maximum Gasteiger partial charge on any atom is 0.258 e. The average molecular weight is 531 g/mol. The van der Waals surface area contributed by atoms with Crippen LogP contribution < -0.4 is 10.1 Å². The van der Waals surface area contributed by atoms with Gasteiger partial charge in [-0.1, -0.05) is 0 Å². The van der Waals surface area contributed by atoms with Crippen LogP contribution >= 0.6 is 15.9 Å². The van der Waals surface area contributed by atoms with Crippen LogP contribution in [0.15, 0.2) is 47.1 Å². The third-order valence-corrected chi connectivity index (χ3v) is 7.35. The van der Waals surface area contributed by atoms with E-state index in [1.54, 1.807) is 29.1 Å². The van der Waals surface area contributed by atoms with E-state index in [1.807, 2.05) is 7.05 Å². The number of nitrogens with one attached hydrogen (secondary N) is 1. The van der Waals surface area contributed by atoms with Gasteiger partial charge in [-0.2, -0.15) is 5.10 Å². The SMILES string of the molecule is Cn1ncc(Br)c1-c1cc(NC(=O)c2ccc(F)cc2F)ccc1OCCN1C2CCC1CC2. The van der Waals surface area contributed by atoms with Gasteiger partial charge >= 0.3 is 0 Å². The molecule has 2 saturated heterocycles. The summed E-state index contributed by atoms with van der Waals surface area (Å²) in [6.45, 7) is 1.44. The van der Waals surface area contributed by atoms with Gasteiger partial charge in [0.1, 0.15) is 24.0 Å². The van der Waals surface area contributed by atoms with Gasteiger partial charge in [0.05, 0.1) is 21.9 Å². The number of fused-ring (bicyclic) bond motifs is 2. The van der Waals surface area contributed by atoms with Crippen LogP contribution in [0.1, 0.15) is 36.0 Å². The predicted octanol–water partition coefficient (Wildman–Crippen LogP) is 5.39. The van der Waals surface area contributed by atoms with E-state index in [-0.39, 0.29) is 5.56 Å². The maximum absolute atomic E-state index is 14.1. The molecule has 0 aliphatic carbocycles. The number of anilines is 1. The highest BCUT2D eigenvalue weighted by Crippen LogP contribution is 2.38. The van der Waals surface area contributed by atoms with Crippen molar-refractivity contribution in [3.63, 3.8) is 0 Å². The first-order chi connectivity index (χ1) is 16.4. The summed E-state index contributed by atoms with van der Waals surface area (Å²) in [5.74, 6) is -1.64. The molecule has 34 heavy (non-hydrogen) atoms. The Kier molecular flexibility index (Phi) is 6.40. The van der Waals surface area contributed by atoms with Gasteiger partial charge in [0.25, 0.3) is 5.91 Å². The summed E-state index contributed by atoms with van der Waals surface area (Å²) in [7, 11) is 1.82. The largest absolute Gasteiger partial charge is 0.492 e. The number of hydrogen-bond acceptors (Lipinski definition) is 4. The second-order valence-corrected chi connectivity index (χ2v) is 9.66. The second-order valence-electron chi connectivity index (χ2n) is 8.80. The molecule has 0 spiro atoms. The topological polar surface area (TPSA) is 59.4 Å². The standard InChI is InChI=1S/C25H25BrF2N4O2/c1-31-24(21(26)14-29-31)20-13-16(30-25(33)19-8-2-15(27)12-22(19)28)3-9-23(20)34-11-10-32-17-4-5-18(32)7-6-17/h2-3,8-9,12-14,17-18H,4-7,10-11H2,1H3,(H,30,33). The minimum Gasteiger partial charge on any atom is -0.492 e. The highest BCUT2D eigenvalue weighted by atomic mass is 79.9. The summed E-state index contributed by atoms with van der Waals surface area (Å²) in [5.41, 5.74) is 1.76. The number of aryl methyl sites for hydroxylation is 1. The first kappa shape index (κ1) is 23.0. The summed E-state index contributed by atoms with van der Waals surface area (Å²) < 4.78 is 36.0. The van der Waals surface area contributed by atoms with Gasteiger partial charge in [0, 0.05) is 43.0 Å². The number of ether oxygens (including phenoxy) is 1. The van der Waals surface area contributed by atoms with Crippen LogP contribution in [-0.2, 0) is 7.05 Å². The van der Waals surface area contributed by atoms with Gasteiger partial charge < -0.3 is 10.1 Å². The molecule has 2 bridgehead atoms. The summed E-state index contributed by atoms with van der Waals surface area (Å²) >= 11 is 3.54. The molecule has 9 heteroatoms. The van der Waals surface area contributed by atoms with Gasteiger partial charge in [-0.15, -0.1) is 0 Å². The molecule has 1 amide bonds. The van der Waals surface area contributed by atoms with Crippen molar-refractivity contribution in [3.8, 4) is 17.0 Å². The van der Waals surface area contributed by atoms with Gasteiger partial charge in [-0.25, -0.2) is 8.78 Å². The first-order valence-corrected chi connectivity index (χ1v) is 12.2. The highest BCUT2D eigenvalue weighted by molar-refractivity contribution is 9.10.